The number of halogens is 3. The summed E-state index contributed by atoms with van der Waals surface area (Å²) in [7, 11) is 0. The van der Waals surface area contributed by atoms with Crippen molar-refractivity contribution < 1.29 is 23.1 Å². The fourth-order valence-corrected chi connectivity index (χ4v) is 3.34. The lowest BCUT2D eigenvalue weighted by molar-refractivity contribution is -0.137. The molecule has 0 saturated carbocycles. The topological polar surface area (TPSA) is 91.2 Å². The summed E-state index contributed by atoms with van der Waals surface area (Å²) in [5, 5.41) is 13.0. The molecule has 1 atom stereocenters. The molecule has 1 aliphatic heterocycles. The van der Waals surface area contributed by atoms with Gasteiger partial charge in [0.05, 0.1) is 16.8 Å². The van der Waals surface area contributed by atoms with Crippen LogP contribution in [-0.2, 0) is 6.18 Å². The Labute approximate surface area is 163 Å². The predicted octanol–water partition coefficient (Wildman–Crippen LogP) is 3.87. The molecule has 7 nitrogen and oxygen atoms in total. The van der Waals surface area contributed by atoms with E-state index < -0.39 is 17.8 Å². The number of pyridine rings is 3. The SMILES string of the molecule is O=C(O)N1CCC(Nc2ncc(-c3ccc(C(F)(F)F)cn3)c3ncccc23)C1. The van der Waals surface area contributed by atoms with Crippen LogP contribution in [0.15, 0.2) is 42.9 Å². The van der Waals surface area contributed by atoms with Crippen LogP contribution in [0.1, 0.15) is 12.0 Å². The van der Waals surface area contributed by atoms with Gasteiger partial charge in [0.1, 0.15) is 5.82 Å². The van der Waals surface area contributed by atoms with Crippen LogP contribution in [-0.4, -0.2) is 50.2 Å². The van der Waals surface area contributed by atoms with Crippen molar-refractivity contribution in [2.45, 2.75) is 18.6 Å². The van der Waals surface area contributed by atoms with Crippen LogP contribution in [0.2, 0.25) is 0 Å². The lowest BCUT2D eigenvalue weighted by atomic mass is 10.1. The quantitative estimate of drug-likeness (QED) is 0.690. The summed E-state index contributed by atoms with van der Waals surface area (Å²) in [6.45, 7) is 0.789. The van der Waals surface area contributed by atoms with E-state index in [2.05, 4.69) is 20.3 Å². The highest BCUT2D eigenvalue weighted by molar-refractivity contribution is 5.98. The molecule has 10 heteroatoms. The first-order valence-electron chi connectivity index (χ1n) is 8.84. The number of nitrogens with one attached hydrogen (secondary N) is 1. The van der Waals surface area contributed by atoms with Gasteiger partial charge in [-0.3, -0.25) is 9.97 Å². The van der Waals surface area contributed by atoms with Gasteiger partial charge in [0.25, 0.3) is 0 Å². The van der Waals surface area contributed by atoms with Crippen LogP contribution >= 0.6 is 0 Å². The van der Waals surface area contributed by atoms with Gasteiger partial charge in [0.2, 0.25) is 0 Å². The first-order chi connectivity index (χ1) is 13.8. The van der Waals surface area contributed by atoms with E-state index in [1.165, 1.54) is 17.2 Å². The molecule has 29 heavy (non-hydrogen) atoms. The lowest BCUT2D eigenvalue weighted by Gasteiger charge is -2.16. The van der Waals surface area contributed by atoms with Gasteiger partial charge in [-0.15, -0.1) is 0 Å². The van der Waals surface area contributed by atoms with E-state index in [9.17, 15) is 18.0 Å². The van der Waals surface area contributed by atoms with Gasteiger partial charge in [-0.25, -0.2) is 9.78 Å². The standard InChI is InChI=1S/C19H16F3N5O2/c20-19(21,22)11-3-4-15(24-8-11)14-9-25-17(13-2-1-6-23-16(13)14)26-12-5-7-27(10-12)18(28)29/h1-4,6,8-9,12H,5,7,10H2,(H,25,26)(H,28,29). The van der Waals surface area contributed by atoms with Crippen LogP contribution in [0.5, 0.6) is 0 Å². The van der Waals surface area contributed by atoms with Gasteiger partial charge < -0.3 is 15.3 Å². The zero-order valence-electron chi connectivity index (χ0n) is 15.0. The third kappa shape index (κ3) is 3.78. The Hall–Kier alpha value is -3.43. The number of rotatable bonds is 3. The van der Waals surface area contributed by atoms with Gasteiger partial charge in [-0.05, 0) is 30.7 Å². The van der Waals surface area contributed by atoms with E-state index in [-0.39, 0.29) is 6.04 Å². The largest absolute Gasteiger partial charge is 0.465 e. The third-order valence-corrected chi connectivity index (χ3v) is 4.81. The fourth-order valence-electron chi connectivity index (χ4n) is 3.34. The number of likely N-dealkylation sites (tertiary alicyclic amines) is 1. The molecule has 3 aromatic heterocycles. The normalized spacial score (nSPS) is 16.9. The number of nitrogens with zero attached hydrogens (tertiary/aromatic N) is 4. The van der Waals surface area contributed by atoms with Crippen molar-refractivity contribution in [1.82, 2.24) is 19.9 Å². The number of alkyl halides is 3. The Morgan fingerprint density at radius 1 is 1.17 bits per heavy atom. The maximum absolute atomic E-state index is 12.8. The Morgan fingerprint density at radius 3 is 2.66 bits per heavy atom. The van der Waals surface area contributed by atoms with Gasteiger partial charge in [-0.1, -0.05) is 0 Å². The second-order valence-corrected chi connectivity index (χ2v) is 6.71. The summed E-state index contributed by atoms with van der Waals surface area (Å²) in [4.78, 5) is 25.1. The second-order valence-electron chi connectivity index (χ2n) is 6.71. The van der Waals surface area contributed by atoms with Crippen LogP contribution in [0, 0.1) is 0 Å². The second kappa shape index (κ2) is 7.19. The summed E-state index contributed by atoms with van der Waals surface area (Å²) in [5.41, 5.74) is 0.566. The van der Waals surface area contributed by atoms with Crippen molar-refractivity contribution in [2.24, 2.45) is 0 Å². The molecule has 3 aromatic rings. The minimum Gasteiger partial charge on any atom is -0.465 e. The average molecular weight is 403 g/mol. The third-order valence-electron chi connectivity index (χ3n) is 4.81. The number of anilines is 1. The first kappa shape index (κ1) is 18.9. The molecule has 1 saturated heterocycles. The zero-order valence-corrected chi connectivity index (χ0v) is 15.0. The van der Waals surface area contributed by atoms with Crippen LogP contribution in [0.25, 0.3) is 22.2 Å². The maximum Gasteiger partial charge on any atom is 0.417 e. The molecule has 1 fully saturated rings. The number of amides is 1. The van der Waals surface area contributed by atoms with Crippen LogP contribution in [0.3, 0.4) is 0 Å². The molecule has 1 unspecified atom stereocenters. The fraction of sp³-hybridized carbons (Fsp3) is 0.263. The van der Waals surface area contributed by atoms with Crippen molar-refractivity contribution in [1.29, 1.82) is 0 Å². The summed E-state index contributed by atoms with van der Waals surface area (Å²) in [6.07, 6.45) is -0.882. The molecular formula is C19H16F3N5O2. The van der Waals surface area contributed by atoms with Gasteiger partial charge >= 0.3 is 12.3 Å². The molecule has 2 N–H and O–H groups in total. The van der Waals surface area contributed by atoms with E-state index in [4.69, 9.17) is 5.11 Å². The first-order valence-corrected chi connectivity index (χ1v) is 8.84. The molecule has 150 valence electrons. The summed E-state index contributed by atoms with van der Waals surface area (Å²) in [6, 6.07) is 5.72. The highest BCUT2D eigenvalue weighted by atomic mass is 19.4. The molecule has 1 amide bonds. The maximum atomic E-state index is 12.8. The molecule has 0 bridgehead atoms. The number of carboxylic acid groups (broad SMARTS) is 1. The zero-order chi connectivity index (χ0) is 20.6. The minimum absolute atomic E-state index is 0.0861. The molecule has 0 aliphatic carbocycles. The van der Waals surface area contributed by atoms with E-state index in [1.54, 1.807) is 18.3 Å². The van der Waals surface area contributed by atoms with Crippen molar-refractivity contribution in [2.75, 3.05) is 18.4 Å². The lowest BCUT2D eigenvalue weighted by Crippen LogP contribution is -2.30. The molecule has 4 rings (SSSR count). The smallest absolute Gasteiger partial charge is 0.417 e. The predicted molar refractivity (Wildman–Crippen MR) is 99.4 cm³/mol. The van der Waals surface area contributed by atoms with Crippen molar-refractivity contribution in [3.05, 3.63) is 48.4 Å². The van der Waals surface area contributed by atoms with Crippen molar-refractivity contribution in [3.8, 4) is 11.3 Å². The Bertz CT molecular complexity index is 1060. The molecular weight excluding hydrogens is 387 g/mol. The number of hydrogen-bond donors (Lipinski definition) is 2. The van der Waals surface area contributed by atoms with E-state index in [1.807, 2.05) is 0 Å². The summed E-state index contributed by atoms with van der Waals surface area (Å²) < 4.78 is 38.4. The van der Waals surface area contributed by atoms with Crippen LogP contribution < -0.4 is 5.32 Å². The molecule has 4 heterocycles. The van der Waals surface area contributed by atoms with Gasteiger partial charge in [-0.2, -0.15) is 13.2 Å². The number of carbonyl (C=O) groups is 1. The average Bonchev–Trinajstić information content (AvgIpc) is 3.17. The van der Waals surface area contributed by atoms with E-state index in [0.29, 0.717) is 47.5 Å². The number of aromatic nitrogens is 3. The molecule has 0 spiro atoms. The van der Waals surface area contributed by atoms with E-state index >= 15 is 0 Å². The monoisotopic (exact) mass is 403 g/mol. The van der Waals surface area contributed by atoms with Crippen LogP contribution in [0.4, 0.5) is 23.8 Å². The highest BCUT2D eigenvalue weighted by Gasteiger charge is 2.31. The molecule has 1 aliphatic rings. The molecule has 0 aromatic carbocycles. The van der Waals surface area contributed by atoms with Crippen molar-refractivity contribution in [3.63, 3.8) is 0 Å². The minimum atomic E-state index is -4.46. The van der Waals surface area contributed by atoms with E-state index in [0.717, 1.165) is 12.3 Å². The van der Waals surface area contributed by atoms with Gasteiger partial charge in [0.15, 0.2) is 0 Å². The Kier molecular flexibility index (Phi) is 4.69. The Balaban J connectivity index is 1.66. The van der Waals surface area contributed by atoms with Crippen molar-refractivity contribution >= 4 is 22.8 Å². The molecule has 0 radical (unpaired) electrons. The highest BCUT2D eigenvalue weighted by Crippen LogP contribution is 2.32. The summed E-state index contributed by atoms with van der Waals surface area (Å²) in [5.74, 6) is 0.543. The Morgan fingerprint density at radius 2 is 2.00 bits per heavy atom. The summed E-state index contributed by atoms with van der Waals surface area (Å²) >= 11 is 0. The van der Waals surface area contributed by atoms with Gasteiger partial charge in [0, 0.05) is 48.7 Å². The number of hydrogen-bond acceptors (Lipinski definition) is 5. The number of fused-ring (bicyclic) bond motifs is 1.